The maximum atomic E-state index is 2.89. The first-order valence-electron chi connectivity index (χ1n) is 10.3. The van der Waals surface area contributed by atoms with E-state index >= 15 is 0 Å². The maximum absolute atomic E-state index is 2.89. The standard InChI is InChI=1S/C18H42N6P/c1-7-21(8-2)25(22(9-3)10-4,23-15-11-19(5)12-16-23)24-17-13-20(6)14-18-24/h7-18H2,1-6H3/q+1. The Labute approximate surface area is 157 Å². The Hall–Kier alpha value is 0.190. The third kappa shape index (κ3) is 4.37. The van der Waals surface area contributed by atoms with Crippen molar-refractivity contribution in [1.82, 2.24) is 28.5 Å². The van der Waals surface area contributed by atoms with Crippen molar-refractivity contribution < 1.29 is 0 Å². The van der Waals surface area contributed by atoms with Gasteiger partial charge in [-0.25, -0.2) is 0 Å². The lowest BCUT2D eigenvalue weighted by molar-refractivity contribution is 0.154. The van der Waals surface area contributed by atoms with E-state index in [0.29, 0.717) is 0 Å². The molecule has 25 heavy (non-hydrogen) atoms. The molecule has 0 unspecified atom stereocenters. The molecule has 0 aromatic carbocycles. The van der Waals surface area contributed by atoms with Gasteiger partial charge in [0.1, 0.15) is 0 Å². The van der Waals surface area contributed by atoms with E-state index in [9.17, 15) is 0 Å². The zero-order chi connectivity index (χ0) is 18.4. The normalized spacial score (nSPS) is 23.0. The quantitative estimate of drug-likeness (QED) is 0.601. The molecule has 0 bridgehead atoms. The lowest BCUT2D eigenvalue weighted by atomic mass is 10.4. The SMILES string of the molecule is CCN(CC)[P+](N(CC)CC)(N1CCN(C)CC1)N1CCN(C)CC1. The lowest BCUT2D eigenvalue weighted by Crippen LogP contribution is -2.59. The summed E-state index contributed by atoms with van der Waals surface area (Å²) in [6, 6.07) is 0. The van der Waals surface area contributed by atoms with Crippen LogP contribution in [0.1, 0.15) is 27.7 Å². The average molecular weight is 374 g/mol. The summed E-state index contributed by atoms with van der Waals surface area (Å²) in [5, 5.41) is 0. The second-order valence-electron chi connectivity index (χ2n) is 7.33. The molecule has 0 atom stereocenters. The molecule has 0 N–H and O–H groups in total. The molecule has 0 aliphatic carbocycles. The predicted octanol–water partition coefficient (Wildman–Crippen LogP) is 1.84. The number of hydrogen-bond donors (Lipinski definition) is 0. The Morgan fingerprint density at radius 3 is 1.08 bits per heavy atom. The molecule has 7 heteroatoms. The Kier molecular flexibility index (Phi) is 8.54. The Morgan fingerprint density at radius 1 is 0.560 bits per heavy atom. The number of rotatable bonds is 8. The molecule has 148 valence electrons. The van der Waals surface area contributed by atoms with E-state index in [1.165, 1.54) is 52.4 Å². The van der Waals surface area contributed by atoms with E-state index in [1.807, 2.05) is 0 Å². The molecule has 0 spiro atoms. The van der Waals surface area contributed by atoms with Gasteiger partial charge in [-0.05, 0) is 41.8 Å². The van der Waals surface area contributed by atoms with Crippen molar-refractivity contribution in [2.45, 2.75) is 27.7 Å². The summed E-state index contributed by atoms with van der Waals surface area (Å²) in [5.41, 5.74) is 0. The van der Waals surface area contributed by atoms with Gasteiger partial charge in [0.25, 0.3) is 0 Å². The fourth-order valence-electron chi connectivity index (χ4n) is 4.41. The molecule has 0 aromatic heterocycles. The molecule has 0 radical (unpaired) electrons. The molecule has 0 saturated carbocycles. The van der Waals surface area contributed by atoms with E-state index in [2.05, 4.69) is 70.3 Å². The number of likely N-dealkylation sites (N-methyl/N-ethyl adjacent to an activating group) is 2. The highest BCUT2D eigenvalue weighted by molar-refractivity contribution is 7.66. The highest BCUT2D eigenvalue weighted by Crippen LogP contribution is 2.70. The molecule has 2 aliphatic heterocycles. The first-order valence-corrected chi connectivity index (χ1v) is 11.9. The van der Waals surface area contributed by atoms with Gasteiger partial charge in [-0.2, -0.15) is 0 Å². The monoisotopic (exact) mass is 373 g/mol. The first-order chi connectivity index (χ1) is 12.0. The van der Waals surface area contributed by atoms with Crippen LogP contribution in [0.4, 0.5) is 0 Å². The highest BCUT2D eigenvalue weighted by atomic mass is 31.2. The van der Waals surface area contributed by atoms with Gasteiger partial charge in [0, 0.05) is 52.4 Å². The molecule has 2 fully saturated rings. The van der Waals surface area contributed by atoms with Crippen molar-refractivity contribution in [3.8, 4) is 0 Å². The van der Waals surface area contributed by atoms with Gasteiger partial charge in [0.05, 0.1) is 26.2 Å². The van der Waals surface area contributed by atoms with Crippen LogP contribution >= 0.6 is 7.87 Å². The first kappa shape index (κ1) is 21.5. The minimum absolute atomic E-state index is 1.14. The van der Waals surface area contributed by atoms with Crippen LogP contribution in [0, 0.1) is 0 Å². The zero-order valence-corrected chi connectivity index (χ0v) is 18.5. The Bertz CT molecular complexity index is 336. The summed E-state index contributed by atoms with van der Waals surface area (Å²) in [6.45, 7) is 23.5. The third-order valence-corrected chi connectivity index (χ3v) is 10.9. The second-order valence-corrected chi connectivity index (χ2v) is 10.7. The maximum Gasteiger partial charge on any atom is 0.308 e. The fourth-order valence-corrected chi connectivity index (χ4v) is 9.50. The molecule has 2 saturated heterocycles. The minimum Gasteiger partial charge on any atom is -0.304 e. The van der Waals surface area contributed by atoms with Gasteiger partial charge >= 0.3 is 7.87 Å². The van der Waals surface area contributed by atoms with Crippen molar-refractivity contribution in [1.29, 1.82) is 0 Å². The van der Waals surface area contributed by atoms with Crippen molar-refractivity contribution in [3.05, 3.63) is 0 Å². The summed E-state index contributed by atoms with van der Waals surface area (Å²) in [4.78, 5) is 4.97. The number of piperazine rings is 2. The number of hydrogen-bond acceptors (Lipinski definition) is 6. The van der Waals surface area contributed by atoms with Gasteiger partial charge in [0.15, 0.2) is 0 Å². The predicted molar refractivity (Wildman–Crippen MR) is 111 cm³/mol. The van der Waals surface area contributed by atoms with Crippen molar-refractivity contribution in [3.63, 3.8) is 0 Å². The molecule has 2 aliphatic rings. The van der Waals surface area contributed by atoms with Gasteiger partial charge in [-0.15, -0.1) is 18.7 Å². The van der Waals surface area contributed by atoms with Crippen molar-refractivity contribution in [2.75, 3.05) is 92.6 Å². The van der Waals surface area contributed by atoms with Crippen LogP contribution in [0.2, 0.25) is 0 Å². The molecule has 0 aromatic rings. The molecular formula is C18H42N6P+. The Balaban J connectivity index is 2.44. The smallest absolute Gasteiger partial charge is 0.304 e. The van der Waals surface area contributed by atoms with Crippen molar-refractivity contribution in [2.24, 2.45) is 0 Å². The van der Waals surface area contributed by atoms with Crippen LogP contribution in [-0.2, 0) is 0 Å². The van der Waals surface area contributed by atoms with Crippen LogP contribution in [0.25, 0.3) is 0 Å². The summed E-state index contributed by atoms with van der Waals surface area (Å²) in [6.07, 6.45) is 0. The molecule has 6 nitrogen and oxygen atoms in total. The van der Waals surface area contributed by atoms with E-state index in [4.69, 9.17) is 0 Å². The van der Waals surface area contributed by atoms with E-state index in [-0.39, 0.29) is 0 Å². The number of nitrogens with zero attached hydrogens (tertiary/aromatic N) is 6. The van der Waals surface area contributed by atoms with Crippen LogP contribution in [0.3, 0.4) is 0 Å². The van der Waals surface area contributed by atoms with Gasteiger partial charge in [-0.3, -0.25) is 0 Å². The summed E-state index contributed by atoms with van der Waals surface area (Å²) in [5.74, 6) is 0. The molecular weight excluding hydrogens is 331 g/mol. The fraction of sp³-hybridized carbons (Fsp3) is 1.00. The summed E-state index contributed by atoms with van der Waals surface area (Å²) < 4.78 is 11.4. The van der Waals surface area contributed by atoms with E-state index in [1.54, 1.807) is 0 Å². The van der Waals surface area contributed by atoms with Gasteiger partial charge in [-0.1, -0.05) is 0 Å². The van der Waals surface area contributed by atoms with Crippen LogP contribution in [0.5, 0.6) is 0 Å². The van der Waals surface area contributed by atoms with E-state index in [0.717, 1.165) is 26.2 Å². The van der Waals surface area contributed by atoms with Crippen LogP contribution in [0.15, 0.2) is 0 Å². The molecule has 2 rings (SSSR count). The highest BCUT2D eigenvalue weighted by Gasteiger charge is 2.60. The van der Waals surface area contributed by atoms with Gasteiger partial charge in [0.2, 0.25) is 0 Å². The summed E-state index contributed by atoms with van der Waals surface area (Å²) >= 11 is 0. The Morgan fingerprint density at radius 2 is 0.840 bits per heavy atom. The van der Waals surface area contributed by atoms with Gasteiger partial charge < -0.3 is 9.80 Å². The molecule has 0 amide bonds. The van der Waals surface area contributed by atoms with E-state index < -0.39 is 7.87 Å². The lowest BCUT2D eigenvalue weighted by Gasteiger charge is -2.53. The van der Waals surface area contributed by atoms with Crippen LogP contribution < -0.4 is 0 Å². The van der Waals surface area contributed by atoms with Crippen molar-refractivity contribution >= 4 is 7.87 Å². The zero-order valence-electron chi connectivity index (χ0n) is 17.6. The average Bonchev–Trinajstić information content (AvgIpc) is 2.63. The topological polar surface area (TPSA) is 19.4 Å². The summed E-state index contributed by atoms with van der Waals surface area (Å²) in [7, 11) is 2.89. The molecule has 2 heterocycles. The van der Waals surface area contributed by atoms with Crippen LogP contribution in [-0.4, -0.2) is 121 Å². The minimum atomic E-state index is -1.64. The second kappa shape index (κ2) is 9.93. The largest absolute Gasteiger partial charge is 0.308 e. The third-order valence-electron chi connectivity index (χ3n) is 5.94.